The Hall–Kier alpha value is -6.78. The zero-order valence-electron chi connectivity index (χ0n) is 48.6. The maximum Gasteiger partial charge on any atom is 0.412 e. The summed E-state index contributed by atoms with van der Waals surface area (Å²) < 4.78 is 77.8. The standard InChI is InChI=1S/C54H80N10O16S2/c1-33(59(9)51(71)79-53(3,4)5)45(65)57-37(47(67)61-29-27-39-43(61)41(31-63(39)81(11,73)74)77-49(69)55-35-21-15-13-16-22-35)25-19-20-26-38(58-46(66)34(2)60(10)52(72)80-54(6,7)8)48(68)62-30-28-40-44(62)42(32-64(40)82(12,75)76)78-50(70)56-36-23-17-14-18-24-36/h13-18,21-24,33-34,37-44H,19-20,25-32H2,1-12H3,(H,55,69)(H,56,70)(H,57,65)(H,58,66). The Balaban J connectivity index is 1.28. The molecule has 0 aromatic heterocycles. The molecule has 82 heavy (non-hydrogen) atoms. The molecule has 10 unspecified atom stereocenters. The number of likely N-dealkylation sites (N-methyl/N-ethyl adjacent to an activating group) is 2. The van der Waals surface area contributed by atoms with E-state index in [9.17, 15) is 45.6 Å². The zero-order chi connectivity index (χ0) is 60.8. The fourth-order valence-electron chi connectivity index (χ4n) is 10.6. The maximum absolute atomic E-state index is 15.1. The van der Waals surface area contributed by atoms with Crippen LogP contribution in [0.2, 0.25) is 0 Å². The third-order valence-corrected chi connectivity index (χ3v) is 17.3. The molecule has 26 nitrogen and oxygen atoms in total. The lowest BCUT2D eigenvalue weighted by Gasteiger charge is -2.33. The Morgan fingerprint density at radius 3 is 1.21 bits per heavy atom. The number of likely N-dealkylation sites (tertiary alicyclic amines) is 2. The van der Waals surface area contributed by atoms with E-state index in [1.807, 2.05) is 0 Å². The molecule has 4 saturated heterocycles. The quantitative estimate of drug-likeness (QED) is 0.115. The van der Waals surface area contributed by atoms with Gasteiger partial charge in [0.25, 0.3) is 0 Å². The van der Waals surface area contributed by atoms with Gasteiger partial charge in [-0.25, -0.2) is 36.0 Å². The van der Waals surface area contributed by atoms with Crippen LogP contribution in [0, 0.1) is 0 Å². The number of para-hydroxylation sites is 2. The number of sulfonamides is 2. The van der Waals surface area contributed by atoms with E-state index in [1.165, 1.54) is 46.4 Å². The SMILES string of the molecule is CC(C(=O)NC(CCCCC(NC(=O)C(C)N(C)C(=O)OC(C)(C)C)C(=O)N1CCC2C1C(OC(=O)Nc1ccccc1)CN2S(C)(=O)=O)C(=O)N1CCC2C1C(OC(=O)Nc1ccccc1)CN2S(C)(=O)=O)N(C)C(=O)OC(C)(C)C. The minimum absolute atomic E-state index is 0.00595. The average Bonchev–Trinajstić information content (AvgIpc) is 4.35. The van der Waals surface area contributed by atoms with Crippen LogP contribution in [0.1, 0.15) is 93.9 Å². The molecule has 4 heterocycles. The summed E-state index contributed by atoms with van der Waals surface area (Å²) in [6, 6.07) is 8.17. The Kier molecular flexibility index (Phi) is 20.6. The average molecular weight is 1190 g/mol. The normalized spacial score (nSPS) is 22.5. The number of carbonyl (C=O) groups excluding carboxylic acids is 8. The van der Waals surface area contributed by atoms with Crippen LogP contribution in [-0.2, 0) is 58.2 Å². The van der Waals surface area contributed by atoms with Crippen LogP contribution in [0.4, 0.5) is 30.6 Å². The molecule has 4 fully saturated rings. The molecule has 4 N–H and O–H groups in total. The predicted octanol–water partition coefficient (Wildman–Crippen LogP) is 3.75. The number of benzene rings is 2. The van der Waals surface area contributed by atoms with E-state index in [1.54, 1.807) is 102 Å². The van der Waals surface area contributed by atoms with Gasteiger partial charge in [-0.2, -0.15) is 8.61 Å². The van der Waals surface area contributed by atoms with Crippen molar-refractivity contribution in [3.05, 3.63) is 60.7 Å². The first kappa shape index (κ1) is 64.4. The molecule has 4 aliphatic heterocycles. The largest absolute Gasteiger partial charge is 0.444 e. The molecule has 8 amide bonds. The first-order valence-electron chi connectivity index (χ1n) is 27.3. The monoisotopic (exact) mass is 1190 g/mol. The zero-order valence-corrected chi connectivity index (χ0v) is 50.3. The third-order valence-electron chi connectivity index (χ3n) is 14.8. The van der Waals surface area contributed by atoms with Crippen molar-refractivity contribution in [1.82, 2.24) is 38.8 Å². The number of hydrogen-bond acceptors (Lipinski definition) is 16. The first-order chi connectivity index (χ1) is 38.1. The number of ether oxygens (including phenoxy) is 4. The summed E-state index contributed by atoms with van der Waals surface area (Å²) in [7, 11) is -5.07. The van der Waals surface area contributed by atoms with Crippen molar-refractivity contribution >= 4 is 79.4 Å². The number of nitrogens with one attached hydrogen (secondary N) is 4. The van der Waals surface area contributed by atoms with Crippen molar-refractivity contribution in [2.45, 2.75) is 166 Å². The van der Waals surface area contributed by atoms with E-state index in [4.69, 9.17) is 18.9 Å². The van der Waals surface area contributed by atoms with Gasteiger partial charge in [-0.1, -0.05) is 49.2 Å². The van der Waals surface area contributed by atoms with Crippen molar-refractivity contribution in [2.75, 3.05) is 63.4 Å². The van der Waals surface area contributed by atoms with Crippen molar-refractivity contribution in [1.29, 1.82) is 0 Å². The Morgan fingerprint density at radius 1 is 0.573 bits per heavy atom. The molecule has 2 aromatic carbocycles. The molecule has 6 rings (SSSR count). The summed E-state index contributed by atoms with van der Waals surface area (Å²) in [4.78, 5) is 116. The molecular formula is C54H80N10O16S2. The highest BCUT2D eigenvalue weighted by atomic mass is 32.2. The molecular weight excluding hydrogens is 1110 g/mol. The molecule has 0 spiro atoms. The number of anilines is 2. The fourth-order valence-corrected chi connectivity index (χ4v) is 12.9. The molecule has 0 saturated carbocycles. The summed E-state index contributed by atoms with van der Waals surface area (Å²) in [6.45, 7) is 12.3. The van der Waals surface area contributed by atoms with Crippen molar-refractivity contribution in [2.24, 2.45) is 0 Å². The fraction of sp³-hybridized carbons (Fsp3) is 0.630. The van der Waals surface area contributed by atoms with Gasteiger partial charge in [0.15, 0.2) is 0 Å². The molecule has 2 aromatic rings. The van der Waals surface area contributed by atoms with Gasteiger partial charge in [0.1, 0.15) is 47.6 Å². The summed E-state index contributed by atoms with van der Waals surface area (Å²) in [5.74, 6) is -2.80. The van der Waals surface area contributed by atoms with Gasteiger partial charge in [0.05, 0.1) is 49.8 Å². The third kappa shape index (κ3) is 16.5. The van der Waals surface area contributed by atoms with E-state index in [-0.39, 0.29) is 64.7 Å². The van der Waals surface area contributed by atoms with Crippen LogP contribution < -0.4 is 21.3 Å². The Labute approximate surface area is 480 Å². The minimum Gasteiger partial charge on any atom is -0.444 e. The summed E-state index contributed by atoms with van der Waals surface area (Å²) in [5, 5.41) is 10.8. The van der Waals surface area contributed by atoms with Gasteiger partial charge in [-0.15, -0.1) is 0 Å². The number of carbonyl (C=O) groups is 8. The number of amides is 8. The molecule has 0 bridgehead atoms. The van der Waals surface area contributed by atoms with Crippen LogP contribution in [-0.4, -0.2) is 218 Å². The Morgan fingerprint density at radius 2 is 0.902 bits per heavy atom. The van der Waals surface area contributed by atoms with E-state index in [0.29, 0.717) is 11.4 Å². The second-order valence-corrected chi connectivity index (χ2v) is 27.1. The molecule has 10 atom stereocenters. The van der Waals surface area contributed by atoms with E-state index in [2.05, 4.69) is 21.3 Å². The predicted molar refractivity (Wildman–Crippen MR) is 301 cm³/mol. The van der Waals surface area contributed by atoms with E-state index < -0.39 is 140 Å². The van der Waals surface area contributed by atoms with Crippen LogP contribution in [0.5, 0.6) is 0 Å². The van der Waals surface area contributed by atoms with Crippen molar-refractivity contribution < 1.29 is 74.1 Å². The molecule has 0 aliphatic carbocycles. The highest BCUT2D eigenvalue weighted by Gasteiger charge is 2.57. The second-order valence-electron chi connectivity index (χ2n) is 23.2. The molecule has 28 heteroatoms. The Bertz CT molecular complexity index is 2700. The number of unbranched alkanes of at least 4 members (excludes halogenated alkanes) is 1. The van der Waals surface area contributed by atoms with Crippen LogP contribution in [0.3, 0.4) is 0 Å². The number of hydrogen-bond donors (Lipinski definition) is 4. The number of rotatable bonds is 19. The number of nitrogens with zero attached hydrogens (tertiary/aromatic N) is 6. The van der Waals surface area contributed by atoms with E-state index >= 15 is 9.59 Å². The van der Waals surface area contributed by atoms with Crippen LogP contribution in [0.15, 0.2) is 60.7 Å². The highest BCUT2D eigenvalue weighted by molar-refractivity contribution is 7.88. The highest BCUT2D eigenvalue weighted by Crippen LogP contribution is 2.38. The van der Waals surface area contributed by atoms with Gasteiger partial charge < -0.3 is 39.4 Å². The second kappa shape index (κ2) is 26.2. The van der Waals surface area contributed by atoms with E-state index in [0.717, 1.165) is 22.3 Å². The van der Waals surface area contributed by atoms with Gasteiger partial charge in [-0.3, -0.25) is 39.6 Å². The maximum atomic E-state index is 15.1. The molecule has 4 aliphatic rings. The molecule has 454 valence electrons. The van der Waals surface area contributed by atoms with Gasteiger partial charge in [0, 0.05) is 38.6 Å². The number of fused-ring (bicyclic) bond motifs is 2. The lowest BCUT2D eigenvalue weighted by atomic mass is 10.0. The van der Waals surface area contributed by atoms with Gasteiger partial charge in [0.2, 0.25) is 43.7 Å². The topological polar surface area (TPSA) is 309 Å². The summed E-state index contributed by atoms with van der Waals surface area (Å²) in [5.41, 5.74) is -1.00. The smallest absolute Gasteiger partial charge is 0.412 e. The minimum atomic E-state index is -3.90. The molecule has 0 radical (unpaired) electrons. The summed E-state index contributed by atoms with van der Waals surface area (Å²) >= 11 is 0. The van der Waals surface area contributed by atoms with Crippen LogP contribution in [0.25, 0.3) is 0 Å². The van der Waals surface area contributed by atoms with Gasteiger partial charge in [-0.05, 0) is 105 Å². The first-order valence-corrected chi connectivity index (χ1v) is 31.0. The van der Waals surface area contributed by atoms with Crippen molar-refractivity contribution in [3.63, 3.8) is 0 Å². The summed E-state index contributed by atoms with van der Waals surface area (Å²) in [6.07, 6.45) is -3.36. The van der Waals surface area contributed by atoms with Gasteiger partial charge >= 0.3 is 24.4 Å². The van der Waals surface area contributed by atoms with Crippen molar-refractivity contribution in [3.8, 4) is 0 Å². The lowest BCUT2D eigenvalue weighted by Crippen LogP contribution is -2.57. The van der Waals surface area contributed by atoms with Crippen LogP contribution >= 0.6 is 0 Å². The lowest BCUT2D eigenvalue weighted by molar-refractivity contribution is -0.140.